The Labute approximate surface area is 204 Å². The molecule has 0 aliphatic carbocycles. The second kappa shape index (κ2) is 8.30. The van der Waals surface area contributed by atoms with E-state index in [9.17, 15) is 31.1 Å². The van der Waals surface area contributed by atoms with Crippen molar-refractivity contribution in [2.75, 3.05) is 19.4 Å². The Morgan fingerprint density at radius 3 is 2.49 bits per heavy atom. The zero-order valence-corrected chi connectivity index (χ0v) is 19.2. The lowest BCUT2D eigenvalue weighted by Gasteiger charge is -2.36. The number of carbonyl (C=O) groups excluding carboxylic acids is 1. The highest BCUT2D eigenvalue weighted by Crippen LogP contribution is 2.40. The number of aromatic nitrogens is 4. The van der Waals surface area contributed by atoms with Gasteiger partial charge < -0.3 is 15.4 Å². The van der Waals surface area contributed by atoms with E-state index in [1.54, 1.807) is 0 Å². The van der Waals surface area contributed by atoms with E-state index in [0.717, 1.165) is 29.3 Å². The van der Waals surface area contributed by atoms with Gasteiger partial charge in [0.1, 0.15) is 17.0 Å². The normalized spacial score (nSPS) is 18.3. The van der Waals surface area contributed by atoms with E-state index >= 15 is 0 Å². The van der Waals surface area contributed by atoms with Gasteiger partial charge in [-0.1, -0.05) is 0 Å². The second-order valence-electron chi connectivity index (χ2n) is 8.63. The van der Waals surface area contributed by atoms with Gasteiger partial charge in [-0.05, 0) is 30.7 Å². The van der Waals surface area contributed by atoms with Gasteiger partial charge in [-0.3, -0.25) is 14.2 Å². The molecule has 2 N–H and O–H groups in total. The molecular formula is C23H18F6N6O2. The Kier molecular flexibility index (Phi) is 5.55. The fraction of sp³-hybridized carbons (Fsp3) is 0.304. The molecular weight excluding hydrogens is 506 g/mol. The molecule has 0 radical (unpaired) electrons. The molecule has 4 aromatic rings. The molecule has 194 valence electrons. The molecule has 3 aromatic heterocycles. The van der Waals surface area contributed by atoms with Gasteiger partial charge in [0.2, 0.25) is 0 Å². The summed E-state index contributed by atoms with van der Waals surface area (Å²) in [6.07, 6.45) is -6.66. The molecule has 0 fully saturated rings. The SMILES string of the molecule is C[C@H]1OC[C@@H](N(C)C(=O)c2cc3c(cc2C(F)(F)F)nc(N)c2cncn23)c2cnc(C(F)(F)F)cc21. The number of pyridine rings is 1. The smallest absolute Gasteiger partial charge is 0.382 e. The van der Waals surface area contributed by atoms with E-state index in [4.69, 9.17) is 10.5 Å². The molecule has 14 heteroatoms. The van der Waals surface area contributed by atoms with Gasteiger partial charge in [0, 0.05) is 18.8 Å². The number of alkyl halides is 6. The van der Waals surface area contributed by atoms with Crippen LogP contribution in [0, 0.1) is 0 Å². The van der Waals surface area contributed by atoms with Crippen molar-refractivity contribution in [2.24, 2.45) is 0 Å². The van der Waals surface area contributed by atoms with Crippen molar-refractivity contribution in [1.29, 1.82) is 0 Å². The Bertz CT molecular complexity index is 1550. The molecule has 1 aliphatic heterocycles. The molecule has 0 spiro atoms. The summed E-state index contributed by atoms with van der Waals surface area (Å²) in [5.41, 5.74) is 3.60. The van der Waals surface area contributed by atoms with Gasteiger partial charge in [0.15, 0.2) is 0 Å². The number of halogens is 6. The molecule has 8 nitrogen and oxygen atoms in total. The first kappa shape index (κ1) is 24.7. The van der Waals surface area contributed by atoms with Gasteiger partial charge in [-0.15, -0.1) is 0 Å². The lowest BCUT2D eigenvalue weighted by Crippen LogP contribution is -2.38. The zero-order valence-electron chi connectivity index (χ0n) is 19.2. The predicted octanol–water partition coefficient (Wildman–Crippen LogP) is 4.80. The van der Waals surface area contributed by atoms with E-state index in [0.29, 0.717) is 5.52 Å². The van der Waals surface area contributed by atoms with E-state index in [-0.39, 0.29) is 34.6 Å². The summed E-state index contributed by atoms with van der Waals surface area (Å²) in [6, 6.07) is 1.63. The van der Waals surface area contributed by atoms with Gasteiger partial charge in [0.05, 0.1) is 53.4 Å². The summed E-state index contributed by atoms with van der Waals surface area (Å²) in [4.78, 5) is 26.0. The van der Waals surface area contributed by atoms with Crippen LogP contribution in [0.5, 0.6) is 0 Å². The average Bonchev–Trinajstić information content (AvgIpc) is 3.33. The lowest BCUT2D eigenvalue weighted by atomic mass is 9.94. The van der Waals surface area contributed by atoms with E-state index in [1.807, 2.05) is 0 Å². The summed E-state index contributed by atoms with van der Waals surface area (Å²) in [6.45, 7) is 1.39. The molecule has 2 atom stereocenters. The number of hydrogen-bond acceptors (Lipinski definition) is 6. The molecule has 0 bridgehead atoms. The van der Waals surface area contributed by atoms with Crippen molar-refractivity contribution in [3.05, 3.63) is 64.9 Å². The standard InChI is InChI=1S/C23H18F6N6O2/c1-10-11-4-19(23(27,28)29)32-6-13(11)18(8-37-10)34(2)21(36)12-3-16-15(5-14(12)22(24,25)26)33-20(30)17-7-31-9-35(16)17/h3-7,9-10,18H,8H2,1-2H3,(H2,30,33)/t10-,18-/m1/s1. The van der Waals surface area contributed by atoms with Gasteiger partial charge in [-0.2, -0.15) is 26.3 Å². The van der Waals surface area contributed by atoms with Crippen LogP contribution in [-0.4, -0.2) is 43.8 Å². The summed E-state index contributed by atoms with van der Waals surface area (Å²) in [7, 11) is 1.26. The third-order valence-electron chi connectivity index (χ3n) is 6.40. The first-order chi connectivity index (χ1) is 17.3. The van der Waals surface area contributed by atoms with E-state index in [1.165, 1.54) is 30.9 Å². The molecule has 1 aliphatic rings. The number of likely N-dealkylation sites (N-methyl/N-ethyl adjacent to an activating group) is 1. The van der Waals surface area contributed by atoms with Crippen molar-refractivity contribution < 1.29 is 35.9 Å². The molecule has 4 heterocycles. The Morgan fingerprint density at radius 2 is 1.81 bits per heavy atom. The topological polar surface area (TPSA) is 98.6 Å². The van der Waals surface area contributed by atoms with Crippen molar-refractivity contribution >= 4 is 28.3 Å². The highest BCUT2D eigenvalue weighted by Gasteiger charge is 2.40. The maximum Gasteiger partial charge on any atom is 0.433 e. The molecule has 1 aromatic carbocycles. The van der Waals surface area contributed by atoms with Crippen molar-refractivity contribution in [1.82, 2.24) is 24.3 Å². The number of carbonyl (C=O) groups is 1. The largest absolute Gasteiger partial charge is 0.433 e. The van der Waals surface area contributed by atoms with Gasteiger partial charge in [-0.25, -0.2) is 9.97 Å². The third kappa shape index (κ3) is 4.10. The number of amides is 1. The molecule has 5 rings (SSSR count). The fourth-order valence-corrected chi connectivity index (χ4v) is 4.47. The van der Waals surface area contributed by atoms with Crippen molar-refractivity contribution in [3.63, 3.8) is 0 Å². The van der Waals surface area contributed by atoms with Crippen molar-refractivity contribution in [2.45, 2.75) is 31.4 Å². The fourth-order valence-electron chi connectivity index (χ4n) is 4.47. The maximum atomic E-state index is 14.1. The minimum Gasteiger partial charge on any atom is -0.382 e. The first-order valence-corrected chi connectivity index (χ1v) is 10.9. The highest BCUT2D eigenvalue weighted by atomic mass is 19.4. The van der Waals surface area contributed by atoms with Crippen molar-refractivity contribution in [3.8, 4) is 0 Å². The number of rotatable bonds is 2. The summed E-state index contributed by atoms with van der Waals surface area (Å²) < 4.78 is 88.7. The average molecular weight is 524 g/mol. The number of nitrogens with zero attached hydrogens (tertiary/aromatic N) is 5. The quantitative estimate of drug-likeness (QED) is 0.379. The van der Waals surface area contributed by atoms with Crippen LogP contribution in [0.3, 0.4) is 0 Å². The number of anilines is 1. The third-order valence-corrected chi connectivity index (χ3v) is 6.40. The molecule has 0 saturated carbocycles. The van der Waals surface area contributed by atoms with E-state index in [2.05, 4.69) is 15.0 Å². The number of nitrogens with two attached hydrogens (primary N) is 1. The maximum absolute atomic E-state index is 14.1. The number of imidazole rings is 1. The van der Waals surface area contributed by atoms with Gasteiger partial charge >= 0.3 is 12.4 Å². The van der Waals surface area contributed by atoms with Crippen LogP contribution in [0.4, 0.5) is 32.2 Å². The number of nitrogen functional groups attached to an aromatic ring is 1. The van der Waals surface area contributed by atoms with Crippen LogP contribution < -0.4 is 5.73 Å². The van der Waals surface area contributed by atoms with Crippen LogP contribution in [-0.2, 0) is 17.1 Å². The van der Waals surface area contributed by atoms with Crippen LogP contribution in [0.2, 0.25) is 0 Å². The minimum absolute atomic E-state index is 0.0369. The number of hydrogen-bond donors (Lipinski definition) is 1. The number of ether oxygens (including phenoxy) is 1. The summed E-state index contributed by atoms with van der Waals surface area (Å²) >= 11 is 0. The van der Waals surface area contributed by atoms with Crippen LogP contribution in [0.1, 0.15) is 51.8 Å². The highest BCUT2D eigenvalue weighted by molar-refractivity contribution is 6.00. The molecule has 1 amide bonds. The monoisotopic (exact) mass is 524 g/mol. The van der Waals surface area contributed by atoms with Crippen LogP contribution in [0.15, 0.2) is 36.9 Å². The first-order valence-electron chi connectivity index (χ1n) is 10.9. The second-order valence-corrected chi connectivity index (χ2v) is 8.63. The van der Waals surface area contributed by atoms with Crippen LogP contribution >= 0.6 is 0 Å². The Hall–Kier alpha value is -3.94. The minimum atomic E-state index is -4.92. The van der Waals surface area contributed by atoms with Gasteiger partial charge in [0.25, 0.3) is 5.91 Å². The van der Waals surface area contributed by atoms with Crippen LogP contribution in [0.25, 0.3) is 16.6 Å². The molecule has 37 heavy (non-hydrogen) atoms. The zero-order chi connectivity index (χ0) is 26.9. The molecule has 0 saturated heterocycles. The number of benzene rings is 1. The predicted molar refractivity (Wildman–Crippen MR) is 118 cm³/mol. The lowest BCUT2D eigenvalue weighted by molar-refractivity contribution is -0.141. The molecule has 0 unspecified atom stereocenters. The summed E-state index contributed by atoms with van der Waals surface area (Å²) in [5.74, 6) is -1.06. The Morgan fingerprint density at radius 1 is 1.08 bits per heavy atom. The summed E-state index contributed by atoms with van der Waals surface area (Å²) in [5, 5.41) is 0. The number of fused-ring (bicyclic) bond motifs is 4. The Balaban J connectivity index is 1.63. The van der Waals surface area contributed by atoms with E-state index < -0.39 is 47.2 Å².